The molecule has 0 aliphatic heterocycles. The molecule has 4 aromatic rings. The second kappa shape index (κ2) is 14.4. The molecule has 0 bridgehead atoms. The number of carbonyl (C=O) groups excluding carboxylic acids is 2. The minimum atomic E-state index is -0.456. The highest BCUT2D eigenvalue weighted by molar-refractivity contribution is 5.91. The maximum Gasteiger partial charge on any atom is 0.338 e. The Morgan fingerprint density at radius 1 is 0.556 bits per heavy atom. The van der Waals surface area contributed by atoms with E-state index < -0.39 is 11.9 Å². The van der Waals surface area contributed by atoms with Crippen LogP contribution < -0.4 is 14.2 Å². The van der Waals surface area contributed by atoms with Gasteiger partial charge in [0.25, 0.3) is 0 Å². The van der Waals surface area contributed by atoms with Gasteiger partial charge >= 0.3 is 11.9 Å². The van der Waals surface area contributed by atoms with Gasteiger partial charge in [-0.05, 0) is 109 Å². The number of ether oxygens (including phenoxy) is 3. The van der Waals surface area contributed by atoms with E-state index in [0.29, 0.717) is 29.3 Å². The molecular formula is C40H38O5. The Morgan fingerprint density at radius 3 is 1.44 bits per heavy atom. The first-order valence-electron chi connectivity index (χ1n) is 14.6. The van der Waals surface area contributed by atoms with Crippen LogP contribution in [-0.4, -0.2) is 18.5 Å². The van der Waals surface area contributed by atoms with Gasteiger partial charge in [0.05, 0.1) is 0 Å². The van der Waals surface area contributed by atoms with Crippen molar-refractivity contribution in [3.8, 4) is 39.5 Å². The Labute approximate surface area is 265 Å². The number of allylic oxidation sites excluding steroid dienone is 2. The lowest BCUT2D eigenvalue weighted by Gasteiger charge is -2.16. The van der Waals surface area contributed by atoms with Crippen molar-refractivity contribution in [1.82, 2.24) is 0 Å². The lowest BCUT2D eigenvalue weighted by Crippen LogP contribution is -2.07. The van der Waals surface area contributed by atoms with E-state index in [-0.39, 0.29) is 0 Å². The van der Waals surface area contributed by atoms with E-state index in [1.165, 1.54) is 0 Å². The zero-order chi connectivity index (χ0) is 32.7. The van der Waals surface area contributed by atoms with Crippen LogP contribution in [0.25, 0.3) is 33.4 Å². The van der Waals surface area contributed by atoms with Crippen LogP contribution in [0.3, 0.4) is 0 Å². The molecule has 228 valence electrons. The topological polar surface area (TPSA) is 61.8 Å². The number of hydrogen-bond donors (Lipinski definition) is 0. The van der Waals surface area contributed by atoms with Crippen LogP contribution in [0.2, 0.25) is 0 Å². The van der Waals surface area contributed by atoms with E-state index in [9.17, 15) is 9.59 Å². The zero-order valence-corrected chi connectivity index (χ0v) is 26.5. The van der Waals surface area contributed by atoms with Crippen molar-refractivity contribution in [3.05, 3.63) is 139 Å². The molecule has 45 heavy (non-hydrogen) atoms. The normalized spacial score (nSPS) is 11.2. The lowest BCUT2D eigenvalue weighted by atomic mass is 9.93. The third kappa shape index (κ3) is 8.36. The molecule has 0 unspecified atom stereocenters. The Hall–Kier alpha value is -5.42. The van der Waals surface area contributed by atoms with Crippen molar-refractivity contribution in [3.63, 3.8) is 0 Å². The highest BCUT2D eigenvalue weighted by Crippen LogP contribution is 2.36. The van der Waals surface area contributed by atoms with Gasteiger partial charge in [0.2, 0.25) is 0 Å². The summed E-state index contributed by atoms with van der Waals surface area (Å²) < 4.78 is 16.9. The fourth-order valence-corrected chi connectivity index (χ4v) is 4.47. The standard InChI is InChI=1S/C40H38O5/c1-25(2)24-43-38-23-34(17-22-37(38)33-15-20-36(21-16-33)45-40(42)27(5)6)29(8)28(7)30-9-11-31(12-10-30)32-13-18-35(19-14-32)44-39(41)26(3)4/h9-23H,1,3,5,24H2,2,4,6-8H3/b29-28+. The summed E-state index contributed by atoms with van der Waals surface area (Å²) in [4.78, 5) is 23.7. The largest absolute Gasteiger partial charge is 0.489 e. The van der Waals surface area contributed by atoms with Gasteiger partial charge in [0.1, 0.15) is 23.9 Å². The zero-order valence-electron chi connectivity index (χ0n) is 26.5. The summed E-state index contributed by atoms with van der Waals surface area (Å²) in [6, 6.07) is 29.3. The van der Waals surface area contributed by atoms with Crippen molar-refractivity contribution < 1.29 is 23.8 Å². The Bertz CT molecular complexity index is 1790. The van der Waals surface area contributed by atoms with Crippen molar-refractivity contribution >= 4 is 23.1 Å². The molecule has 0 spiro atoms. The molecule has 0 aromatic heterocycles. The second-order valence-electron chi connectivity index (χ2n) is 11.2. The molecule has 0 radical (unpaired) electrons. The third-order valence-corrected chi connectivity index (χ3v) is 7.24. The van der Waals surface area contributed by atoms with Crippen LogP contribution in [0, 0.1) is 0 Å². The second-order valence-corrected chi connectivity index (χ2v) is 11.2. The average molecular weight is 599 g/mol. The average Bonchev–Trinajstić information content (AvgIpc) is 3.03. The highest BCUT2D eigenvalue weighted by atomic mass is 16.5. The highest BCUT2D eigenvalue weighted by Gasteiger charge is 2.13. The monoisotopic (exact) mass is 598 g/mol. The number of hydrogen-bond acceptors (Lipinski definition) is 5. The van der Waals surface area contributed by atoms with Gasteiger partial charge in [-0.1, -0.05) is 80.4 Å². The Morgan fingerprint density at radius 2 is 0.978 bits per heavy atom. The molecular weight excluding hydrogens is 560 g/mol. The molecule has 0 heterocycles. The van der Waals surface area contributed by atoms with E-state index in [1.807, 2.05) is 31.2 Å². The van der Waals surface area contributed by atoms with Gasteiger partial charge in [-0.2, -0.15) is 0 Å². The molecule has 0 N–H and O–H groups in total. The minimum absolute atomic E-state index is 0.342. The maximum atomic E-state index is 11.9. The molecule has 0 aliphatic carbocycles. The minimum Gasteiger partial charge on any atom is -0.489 e. The first-order valence-corrected chi connectivity index (χ1v) is 14.6. The first-order chi connectivity index (χ1) is 21.4. The van der Waals surface area contributed by atoms with Crippen LogP contribution in [0.4, 0.5) is 0 Å². The Kier molecular flexibility index (Phi) is 10.4. The van der Waals surface area contributed by atoms with Gasteiger partial charge in [-0.15, -0.1) is 0 Å². The predicted molar refractivity (Wildman–Crippen MR) is 183 cm³/mol. The molecule has 5 heteroatoms. The van der Waals surface area contributed by atoms with Crippen LogP contribution >= 0.6 is 0 Å². The molecule has 0 fully saturated rings. The summed E-state index contributed by atoms with van der Waals surface area (Å²) >= 11 is 0. The molecule has 0 aliphatic rings. The van der Waals surface area contributed by atoms with Crippen LogP contribution in [0.15, 0.2) is 127 Å². The number of carbonyl (C=O) groups is 2. The summed E-state index contributed by atoms with van der Waals surface area (Å²) in [6.07, 6.45) is 0. The van der Waals surface area contributed by atoms with Gasteiger partial charge in [0.15, 0.2) is 0 Å². The van der Waals surface area contributed by atoms with Crippen molar-refractivity contribution in [1.29, 1.82) is 0 Å². The summed E-state index contributed by atoms with van der Waals surface area (Å²) in [5, 5.41) is 0. The lowest BCUT2D eigenvalue weighted by molar-refractivity contribution is -0.130. The molecule has 4 aromatic carbocycles. The third-order valence-electron chi connectivity index (χ3n) is 7.24. The van der Waals surface area contributed by atoms with E-state index in [1.54, 1.807) is 38.1 Å². The summed E-state index contributed by atoms with van der Waals surface area (Å²) in [5.41, 5.74) is 9.97. The van der Waals surface area contributed by atoms with Crippen molar-refractivity contribution in [2.75, 3.05) is 6.61 Å². The molecule has 0 amide bonds. The number of benzene rings is 4. The van der Waals surface area contributed by atoms with Gasteiger partial charge in [-0.25, -0.2) is 9.59 Å². The first kappa shape index (κ1) is 32.5. The molecule has 4 rings (SSSR count). The van der Waals surface area contributed by atoms with Gasteiger partial charge < -0.3 is 14.2 Å². The maximum absolute atomic E-state index is 11.9. The van der Waals surface area contributed by atoms with Crippen molar-refractivity contribution in [2.24, 2.45) is 0 Å². The van der Waals surface area contributed by atoms with E-state index >= 15 is 0 Å². The summed E-state index contributed by atoms with van der Waals surface area (Å²) in [7, 11) is 0. The van der Waals surface area contributed by atoms with E-state index in [2.05, 4.69) is 76.0 Å². The van der Waals surface area contributed by atoms with E-state index in [4.69, 9.17) is 14.2 Å². The fourth-order valence-electron chi connectivity index (χ4n) is 4.47. The fraction of sp³-hybridized carbons (Fsp3) is 0.150. The number of esters is 2. The summed E-state index contributed by atoms with van der Waals surface area (Å²) in [5.74, 6) is 0.779. The molecule has 0 atom stereocenters. The number of rotatable bonds is 11. The van der Waals surface area contributed by atoms with Crippen LogP contribution in [0.5, 0.6) is 17.2 Å². The smallest absolute Gasteiger partial charge is 0.338 e. The summed E-state index contributed by atoms with van der Waals surface area (Å²) in [6.45, 7) is 21.0. The van der Waals surface area contributed by atoms with Crippen LogP contribution in [-0.2, 0) is 9.59 Å². The Balaban J connectivity index is 1.58. The van der Waals surface area contributed by atoms with Crippen molar-refractivity contribution in [2.45, 2.75) is 34.6 Å². The van der Waals surface area contributed by atoms with Gasteiger partial charge in [-0.3, -0.25) is 0 Å². The molecule has 0 saturated carbocycles. The molecule has 5 nitrogen and oxygen atoms in total. The predicted octanol–water partition coefficient (Wildman–Crippen LogP) is 9.89. The quantitative estimate of drug-likeness (QED) is 0.0565. The SMILES string of the molecule is C=C(C)COc1cc(/C(C)=C(\C)c2ccc(-c3ccc(OC(=O)C(=C)C)cc3)cc2)ccc1-c1ccc(OC(=O)C(=C)C)cc1. The van der Waals surface area contributed by atoms with Gasteiger partial charge in [0, 0.05) is 16.7 Å². The van der Waals surface area contributed by atoms with Crippen LogP contribution in [0.1, 0.15) is 45.7 Å². The van der Waals surface area contributed by atoms with E-state index in [0.717, 1.165) is 55.8 Å². The molecule has 0 saturated heterocycles.